The lowest BCUT2D eigenvalue weighted by Gasteiger charge is -2.54. The fraction of sp³-hybridized carbons (Fsp3) is 0.458. The number of carbonyl (C=O) groups excluding carboxylic acids is 1. The Balaban J connectivity index is 1.27. The molecule has 9 nitrogen and oxygen atoms in total. The predicted octanol–water partition coefficient (Wildman–Crippen LogP) is 1.43. The first-order valence-corrected chi connectivity index (χ1v) is 11.5. The summed E-state index contributed by atoms with van der Waals surface area (Å²) in [7, 11) is 0. The molecule has 1 saturated heterocycles. The molecule has 0 unspecified atom stereocenters. The molecule has 1 spiro atoms. The van der Waals surface area contributed by atoms with Crippen LogP contribution in [0.1, 0.15) is 25.7 Å². The van der Waals surface area contributed by atoms with E-state index >= 15 is 0 Å². The van der Waals surface area contributed by atoms with Gasteiger partial charge in [0.25, 0.3) is 0 Å². The van der Waals surface area contributed by atoms with Gasteiger partial charge in [0.2, 0.25) is 5.91 Å². The molecule has 0 bridgehead atoms. The van der Waals surface area contributed by atoms with E-state index in [1.165, 1.54) is 0 Å². The summed E-state index contributed by atoms with van der Waals surface area (Å²) in [6.45, 7) is 0.617. The van der Waals surface area contributed by atoms with Crippen LogP contribution in [0.5, 0.6) is 0 Å². The van der Waals surface area contributed by atoms with Crippen LogP contribution in [0.2, 0.25) is 0 Å². The molecular weight excluding hydrogens is 422 g/mol. The van der Waals surface area contributed by atoms with E-state index in [9.17, 15) is 20.1 Å². The van der Waals surface area contributed by atoms with E-state index < -0.39 is 18.2 Å². The molecule has 2 saturated carbocycles. The molecule has 2 aromatic heterocycles. The highest BCUT2D eigenvalue weighted by molar-refractivity contribution is 6.05. The zero-order valence-corrected chi connectivity index (χ0v) is 18.1. The van der Waals surface area contributed by atoms with Gasteiger partial charge in [-0.3, -0.25) is 4.79 Å². The molecule has 3 fully saturated rings. The summed E-state index contributed by atoms with van der Waals surface area (Å²) in [4.78, 5) is 19.0. The van der Waals surface area contributed by atoms with Crippen molar-refractivity contribution in [3.05, 3.63) is 42.6 Å². The number of aliphatic hydroxyl groups is 3. The second-order valence-corrected chi connectivity index (χ2v) is 9.62. The van der Waals surface area contributed by atoms with Crippen LogP contribution in [-0.2, 0) is 4.79 Å². The van der Waals surface area contributed by atoms with E-state index in [1.807, 2.05) is 35.2 Å². The second kappa shape index (κ2) is 7.51. The summed E-state index contributed by atoms with van der Waals surface area (Å²) in [6.07, 6.45) is 3.31. The van der Waals surface area contributed by atoms with Crippen molar-refractivity contribution in [3.8, 4) is 11.3 Å². The Kier molecular flexibility index (Phi) is 4.69. The minimum atomic E-state index is -0.981. The van der Waals surface area contributed by atoms with Gasteiger partial charge in [-0.2, -0.15) is 9.61 Å². The van der Waals surface area contributed by atoms with Crippen molar-refractivity contribution < 1.29 is 20.1 Å². The third-order valence-corrected chi connectivity index (χ3v) is 7.65. The molecule has 172 valence electrons. The number of hydrogen-bond acceptors (Lipinski definition) is 7. The first-order valence-electron chi connectivity index (χ1n) is 11.5. The van der Waals surface area contributed by atoms with Crippen molar-refractivity contribution in [1.82, 2.24) is 14.6 Å². The maximum absolute atomic E-state index is 12.7. The minimum absolute atomic E-state index is 0.100. The van der Waals surface area contributed by atoms with Gasteiger partial charge in [-0.05, 0) is 37.5 Å². The van der Waals surface area contributed by atoms with Crippen LogP contribution in [0.4, 0.5) is 11.5 Å². The fourth-order valence-electron chi connectivity index (χ4n) is 5.44. The number of rotatable bonds is 5. The number of hydrogen-bond donors (Lipinski definition) is 4. The van der Waals surface area contributed by atoms with Gasteiger partial charge in [-0.25, -0.2) is 4.98 Å². The monoisotopic (exact) mass is 449 g/mol. The van der Waals surface area contributed by atoms with Crippen LogP contribution in [0, 0.1) is 11.3 Å². The number of nitrogens with one attached hydrogen (secondary N) is 1. The van der Waals surface area contributed by atoms with Crippen LogP contribution in [0.15, 0.2) is 42.6 Å². The number of nitrogens with zero attached hydrogens (tertiary/aromatic N) is 4. The maximum atomic E-state index is 12.7. The van der Waals surface area contributed by atoms with Gasteiger partial charge in [0.05, 0.1) is 23.3 Å². The molecule has 33 heavy (non-hydrogen) atoms. The number of aliphatic hydroxyl groups excluding tert-OH is 3. The quantitative estimate of drug-likeness (QED) is 0.435. The number of amides is 1. The molecule has 0 radical (unpaired) electrons. The SMILES string of the molecule is O=C1N(c2cccc(-c3cc4nccc(N[C@@H]5C[C@H](CO)[C@@H](O)[C@H]5O)n4n3)c2)CC12CCC2. The van der Waals surface area contributed by atoms with E-state index in [2.05, 4.69) is 10.3 Å². The molecule has 1 aliphatic heterocycles. The van der Waals surface area contributed by atoms with E-state index in [0.29, 0.717) is 17.9 Å². The van der Waals surface area contributed by atoms with Crippen molar-refractivity contribution in [1.29, 1.82) is 0 Å². The Morgan fingerprint density at radius 3 is 2.70 bits per heavy atom. The lowest BCUT2D eigenvalue weighted by atomic mass is 9.62. The first kappa shape index (κ1) is 20.6. The Morgan fingerprint density at radius 1 is 1.15 bits per heavy atom. The average molecular weight is 450 g/mol. The van der Waals surface area contributed by atoms with Gasteiger partial charge in [0.1, 0.15) is 11.9 Å². The summed E-state index contributed by atoms with van der Waals surface area (Å²) in [5.41, 5.74) is 3.04. The van der Waals surface area contributed by atoms with E-state index in [-0.39, 0.29) is 23.8 Å². The maximum Gasteiger partial charge on any atom is 0.235 e. The van der Waals surface area contributed by atoms with Gasteiger partial charge in [0, 0.05) is 42.6 Å². The van der Waals surface area contributed by atoms with Crippen LogP contribution in [0.3, 0.4) is 0 Å². The van der Waals surface area contributed by atoms with Crippen molar-refractivity contribution in [3.63, 3.8) is 0 Å². The van der Waals surface area contributed by atoms with Crippen molar-refractivity contribution >= 4 is 23.1 Å². The Bertz CT molecular complexity index is 1220. The Morgan fingerprint density at radius 2 is 2.00 bits per heavy atom. The highest BCUT2D eigenvalue weighted by Gasteiger charge is 2.55. The van der Waals surface area contributed by atoms with Crippen LogP contribution in [0.25, 0.3) is 16.9 Å². The number of anilines is 2. The molecule has 3 aromatic rings. The zero-order valence-electron chi connectivity index (χ0n) is 18.1. The van der Waals surface area contributed by atoms with E-state index in [1.54, 1.807) is 16.8 Å². The molecule has 6 rings (SSSR count). The molecule has 2 aliphatic carbocycles. The molecule has 1 amide bonds. The molecular formula is C24H27N5O4. The molecule has 4 atom stereocenters. The second-order valence-electron chi connectivity index (χ2n) is 9.62. The molecule has 3 aliphatic rings. The first-order chi connectivity index (χ1) is 16.0. The summed E-state index contributed by atoms with van der Waals surface area (Å²) >= 11 is 0. The van der Waals surface area contributed by atoms with Gasteiger partial charge < -0.3 is 25.5 Å². The van der Waals surface area contributed by atoms with Crippen LogP contribution < -0.4 is 10.2 Å². The summed E-state index contributed by atoms with van der Waals surface area (Å²) < 4.78 is 1.67. The number of benzene rings is 1. The normalized spacial score (nSPS) is 28.2. The van der Waals surface area contributed by atoms with Gasteiger partial charge in [-0.1, -0.05) is 18.6 Å². The van der Waals surface area contributed by atoms with Crippen LogP contribution in [-0.4, -0.2) is 67.2 Å². The van der Waals surface area contributed by atoms with Crippen molar-refractivity contribution in [2.45, 2.75) is 43.9 Å². The van der Waals surface area contributed by atoms with Crippen molar-refractivity contribution in [2.75, 3.05) is 23.4 Å². The highest BCUT2D eigenvalue weighted by Crippen LogP contribution is 2.50. The third-order valence-electron chi connectivity index (χ3n) is 7.65. The Labute approximate surface area is 190 Å². The summed E-state index contributed by atoms with van der Waals surface area (Å²) in [6, 6.07) is 11.1. The minimum Gasteiger partial charge on any atom is -0.396 e. The van der Waals surface area contributed by atoms with Crippen molar-refractivity contribution in [2.24, 2.45) is 11.3 Å². The number of fused-ring (bicyclic) bond motifs is 1. The molecule has 3 heterocycles. The smallest absolute Gasteiger partial charge is 0.235 e. The van der Waals surface area contributed by atoms with Crippen LogP contribution >= 0.6 is 0 Å². The predicted molar refractivity (Wildman–Crippen MR) is 122 cm³/mol. The molecule has 4 N–H and O–H groups in total. The number of β-lactam (4-membered cyclic amide) rings is 1. The number of aromatic nitrogens is 3. The highest BCUT2D eigenvalue weighted by atomic mass is 16.3. The fourth-order valence-corrected chi connectivity index (χ4v) is 5.44. The van der Waals surface area contributed by atoms with Gasteiger partial charge >= 0.3 is 0 Å². The topological polar surface area (TPSA) is 123 Å². The Hall–Kier alpha value is -3.01. The third kappa shape index (κ3) is 3.14. The van der Waals surface area contributed by atoms with E-state index in [4.69, 9.17) is 5.10 Å². The molecule has 9 heteroatoms. The largest absolute Gasteiger partial charge is 0.396 e. The van der Waals surface area contributed by atoms with E-state index in [0.717, 1.165) is 42.8 Å². The van der Waals surface area contributed by atoms with Gasteiger partial charge in [0.15, 0.2) is 5.65 Å². The lowest BCUT2D eigenvalue weighted by Crippen LogP contribution is -2.64. The summed E-state index contributed by atoms with van der Waals surface area (Å²) in [5, 5.41) is 37.9. The molecule has 1 aromatic carbocycles. The average Bonchev–Trinajstić information content (AvgIpc) is 3.35. The summed E-state index contributed by atoms with van der Waals surface area (Å²) in [5.74, 6) is 0.503. The zero-order chi connectivity index (χ0) is 22.7. The number of carbonyl (C=O) groups is 1. The standard InChI is InChI=1S/C24H27N5O4/c30-12-15-10-18(22(32)21(15)31)26-19-5-8-25-20-11-17(27-29(19)20)14-3-1-4-16(9-14)28-13-24(23(28)33)6-2-7-24/h1,3-5,8-9,11,15,18,21-22,26,30-32H,2,6-7,10,12-13H2/t15-,18-,21-,22+/m1/s1. The lowest BCUT2D eigenvalue weighted by molar-refractivity contribution is -0.141. The van der Waals surface area contributed by atoms with Gasteiger partial charge in [-0.15, -0.1) is 0 Å².